The maximum atomic E-state index is 13.2. The first kappa shape index (κ1) is 14.8. The molecule has 2 N–H and O–H groups in total. The molecular formula is C16H18ClFN2. The molecular weight excluding hydrogens is 275 g/mol. The number of anilines is 1. The minimum Gasteiger partial charge on any atom is -0.369 e. The molecule has 0 unspecified atom stereocenters. The van der Waals surface area contributed by atoms with Gasteiger partial charge in [-0.1, -0.05) is 29.8 Å². The number of hydrogen-bond donors (Lipinski definition) is 1. The summed E-state index contributed by atoms with van der Waals surface area (Å²) in [5, 5.41) is 0.652. The molecule has 0 aliphatic rings. The van der Waals surface area contributed by atoms with E-state index in [4.69, 9.17) is 17.3 Å². The second kappa shape index (κ2) is 6.25. The van der Waals surface area contributed by atoms with Crippen LogP contribution in [0, 0.1) is 5.82 Å². The van der Waals surface area contributed by atoms with Crippen molar-refractivity contribution in [1.82, 2.24) is 0 Å². The molecule has 4 heteroatoms. The first-order valence-corrected chi connectivity index (χ1v) is 6.86. The summed E-state index contributed by atoms with van der Waals surface area (Å²) < 4.78 is 13.2. The zero-order valence-corrected chi connectivity index (χ0v) is 12.4. The van der Waals surface area contributed by atoms with Gasteiger partial charge in [0.2, 0.25) is 0 Å². The highest BCUT2D eigenvalue weighted by molar-refractivity contribution is 6.33. The van der Waals surface area contributed by atoms with E-state index in [0.29, 0.717) is 11.6 Å². The lowest BCUT2D eigenvalue weighted by Crippen LogP contribution is -2.17. The van der Waals surface area contributed by atoms with E-state index in [-0.39, 0.29) is 11.9 Å². The fraction of sp³-hybridized carbons (Fsp3) is 0.250. The van der Waals surface area contributed by atoms with Crippen molar-refractivity contribution in [3.05, 3.63) is 64.4 Å². The fourth-order valence-corrected chi connectivity index (χ4v) is 2.44. The third-order valence-corrected chi connectivity index (χ3v) is 3.52. The summed E-state index contributed by atoms with van der Waals surface area (Å²) in [4.78, 5) is 1.99. The molecule has 2 rings (SSSR count). The summed E-state index contributed by atoms with van der Waals surface area (Å²) in [5.74, 6) is -0.227. The highest BCUT2D eigenvalue weighted by atomic mass is 35.5. The Morgan fingerprint density at radius 3 is 2.60 bits per heavy atom. The molecule has 0 saturated carbocycles. The van der Waals surface area contributed by atoms with Gasteiger partial charge in [-0.05, 0) is 42.3 Å². The molecule has 2 aromatic carbocycles. The molecule has 20 heavy (non-hydrogen) atoms. The maximum Gasteiger partial charge on any atom is 0.123 e. The second-order valence-corrected chi connectivity index (χ2v) is 5.39. The Morgan fingerprint density at radius 2 is 2.00 bits per heavy atom. The normalized spacial score (nSPS) is 12.2. The monoisotopic (exact) mass is 292 g/mol. The van der Waals surface area contributed by atoms with E-state index in [2.05, 4.69) is 0 Å². The van der Waals surface area contributed by atoms with Gasteiger partial charge in [-0.15, -0.1) is 0 Å². The van der Waals surface area contributed by atoms with Gasteiger partial charge in [0.05, 0.1) is 10.7 Å². The summed E-state index contributed by atoms with van der Waals surface area (Å²) in [6.45, 7) is 2.51. The first-order chi connectivity index (χ1) is 9.47. The standard InChI is InChI=1S/C16H18ClFN2/c1-11(19)13-6-7-16(15(17)9-13)20(2)10-12-4-3-5-14(18)8-12/h3-9,11H,10,19H2,1-2H3/t11-/m1/s1. The number of hydrogen-bond acceptors (Lipinski definition) is 2. The minimum absolute atomic E-state index is 0.0462. The smallest absolute Gasteiger partial charge is 0.123 e. The van der Waals surface area contributed by atoms with Crippen molar-refractivity contribution in [3.63, 3.8) is 0 Å². The summed E-state index contributed by atoms with van der Waals surface area (Å²) in [7, 11) is 1.93. The van der Waals surface area contributed by atoms with Crippen molar-refractivity contribution >= 4 is 17.3 Å². The van der Waals surface area contributed by atoms with Crippen LogP contribution in [0.5, 0.6) is 0 Å². The van der Waals surface area contributed by atoms with E-state index in [1.54, 1.807) is 6.07 Å². The van der Waals surface area contributed by atoms with Gasteiger partial charge in [0.1, 0.15) is 5.82 Å². The Labute approximate surface area is 124 Å². The Balaban J connectivity index is 2.19. The van der Waals surface area contributed by atoms with Crippen LogP contribution >= 0.6 is 11.6 Å². The van der Waals surface area contributed by atoms with Crippen molar-refractivity contribution in [2.45, 2.75) is 19.5 Å². The topological polar surface area (TPSA) is 29.3 Å². The van der Waals surface area contributed by atoms with E-state index in [1.165, 1.54) is 12.1 Å². The van der Waals surface area contributed by atoms with Crippen LogP contribution in [-0.2, 0) is 6.54 Å². The average molecular weight is 293 g/mol. The van der Waals surface area contributed by atoms with Gasteiger partial charge in [0.15, 0.2) is 0 Å². The zero-order valence-electron chi connectivity index (χ0n) is 11.6. The van der Waals surface area contributed by atoms with Gasteiger partial charge in [0.25, 0.3) is 0 Å². The predicted molar refractivity (Wildman–Crippen MR) is 82.6 cm³/mol. The van der Waals surface area contributed by atoms with E-state index >= 15 is 0 Å². The van der Waals surface area contributed by atoms with Crippen LogP contribution in [-0.4, -0.2) is 7.05 Å². The van der Waals surface area contributed by atoms with Crippen LogP contribution in [0.25, 0.3) is 0 Å². The molecule has 1 atom stereocenters. The highest BCUT2D eigenvalue weighted by Crippen LogP contribution is 2.28. The van der Waals surface area contributed by atoms with Crippen molar-refractivity contribution < 1.29 is 4.39 Å². The van der Waals surface area contributed by atoms with Gasteiger partial charge in [-0.25, -0.2) is 4.39 Å². The van der Waals surface area contributed by atoms with Crippen LogP contribution in [0.15, 0.2) is 42.5 Å². The minimum atomic E-state index is -0.227. The molecule has 0 aromatic heterocycles. The SMILES string of the molecule is C[C@@H](N)c1ccc(N(C)Cc2cccc(F)c2)c(Cl)c1. The Bertz CT molecular complexity index is 599. The number of halogens is 2. The molecule has 106 valence electrons. The number of rotatable bonds is 4. The number of benzene rings is 2. The van der Waals surface area contributed by atoms with E-state index in [9.17, 15) is 4.39 Å². The van der Waals surface area contributed by atoms with Crippen LogP contribution in [0.2, 0.25) is 5.02 Å². The van der Waals surface area contributed by atoms with Gasteiger partial charge in [0, 0.05) is 19.6 Å². The Morgan fingerprint density at radius 1 is 1.25 bits per heavy atom. The lowest BCUT2D eigenvalue weighted by Gasteiger charge is -2.21. The Kier molecular flexibility index (Phi) is 4.63. The molecule has 0 bridgehead atoms. The van der Waals surface area contributed by atoms with Crippen molar-refractivity contribution in [1.29, 1.82) is 0 Å². The van der Waals surface area contributed by atoms with E-state index in [1.807, 2.05) is 43.1 Å². The van der Waals surface area contributed by atoms with E-state index in [0.717, 1.165) is 16.8 Å². The molecule has 2 nitrogen and oxygen atoms in total. The van der Waals surface area contributed by atoms with Gasteiger partial charge >= 0.3 is 0 Å². The van der Waals surface area contributed by atoms with Gasteiger partial charge < -0.3 is 10.6 Å². The summed E-state index contributed by atoms with van der Waals surface area (Å²) in [6, 6.07) is 12.3. The van der Waals surface area contributed by atoms with Crippen molar-refractivity contribution in [2.24, 2.45) is 5.73 Å². The van der Waals surface area contributed by atoms with Crippen LogP contribution in [0.1, 0.15) is 24.1 Å². The molecule has 0 fully saturated rings. The summed E-state index contributed by atoms with van der Waals surface area (Å²) >= 11 is 6.29. The lowest BCUT2D eigenvalue weighted by atomic mass is 10.1. The van der Waals surface area contributed by atoms with Crippen LogP contribution in [0.4, 0.5) is 10.1 Å². The number of nitrogens with zero attached hydrogens (tertiary/aromatic N) is 1. The van der Waals surface area contributed by atoms with Crippen molar-refractivity contribution in [2.75, 3.05) is 11.9 Å². The van der Waals surface area contributed by atoms with Crippen LogP contribution in [0.3, 0.4) is 0 Å². The highest BCUT2D eigenvalue weighted by Gasteiger charge is 2.09. The molecule has 2 aromatic rings. The molecule has 0 saturated heterocycles. The summed E-state index contributed by atoms with van der Waals surface area (Å²) in [5.41, 5.74) is 8.64. The molecule has 0 aliphatic heterocycles. The molecule has 0 radical (unpaired) electrons. The first-order valence-electron chi connectivity index (χ1n) is 6.48. The van der Waals surface area contributed by atoms with E-state index < -0.39 is 0 Å². The third-order valence-electron chi connectivity index (χ3n) is 3.22. The average Bonchev–Trinajstić information content (AvgIpc) is 2.38. The maximum absolute atomic E-state index is 13.2. The van der Waals surface area contributed by atoms with Crippen LogP contribution < -0.4 is 10.6 Å². The quantitative estimate of drug-likeness (QED) is 0.918. The molecule has 0 aliphatic carbocycles. The fourth-order valence-electron chi connectivity index (χ4n) is 2.11. The zero-order chi connectivity index (χ0) is 14.7. The van der Waals surface area contributed by atoms with Gasteiger partial charge in [-0.3, -0.25) is 0 Å². The predicted octanol–water partition coefficient (Wildman–Crippen LogP) is 4.14. The second-order valence-electron chi connectivity index (χ2n) is 4.99. The van der Waals surface area contributed by atoms with Crippen molar-refractivity contribution in [3.8, 4) is 0 Å². The number of nitrogens with two attached hydrogens (primary N) is 1. The largest absolute Gasteiger partial charge is 0.369 e. The third kappa shape index (κ3) is 3.50. The molecule has 0 heterocycles. The lowest BCUT2D eigenvalue weighted by molar-refractivity contribution is 0.625. The Hall–Kier alpha value is -1.58. The molecule has 0 spiro atoms. The van der Waals surface area contributed by atoms with Gasteiger partial charge in [-0.2, -0.15) is 0 Å². The molecule has 0 amide bonds. The summed E-state index contributed by atoms with van der Waals surface area (Å²) in [6.07, 6.45) is 0.